The van der Waals surface area contributed by atoms with Gasteiger partial charge in [0.25, 0.3) is 0 Å². The summed E-state index contributed by atoms with van der Waals surface area (Å²) < 4.78 is 0. The first-order valence-corrected chi connectivity index (χ1v) is 8.07. The molecule has 1 atom stereocenters. The highest BCUT2D eigenvalue weighted by Gasteiger charge is 2.06. The Hall–Kier alpha value is -1.12. The van der Waals surface area contributed by atoms with Gasteiger partial charge in [0.1, 0.15) is 0 Å². The van der Waals surface area contributed by atoms with Gasteiger partial charge in [-0.3, -0.25) is 0 Å². The van der Waals surface area contributed by atoms with E-state index in [0.717, 1.165) is 6.54 Å². The molecule has 0 saturated carbocycles. The Bertz CT molecular complexity index is 475. The van der Waals surface area contributed by atoms with Crippen LogP contribution in [0.5, 0.6) is 0 Å². The van der Waals surface area contributed by atoms with Crippen LogP contribution in [-0.4, -0.2) is 6.04 Å². The van der Waals surface area contributed by atoms with Crippen LogP contribution in [0, 0.1) is 0 Å². The zero-order valence-corrected chi connectivity index (χ0v) is 12.7. The van der Waals surface area contributed by atoms with Gasteiger partial charge in [0, 0.05) is 17.5 Å². The van der Waals surface area contributed by atoms with E-state index in [4.69, 9.17) is 0 Å². The lowest BCUT2D eigenvalue weighted by molar-refractivity contribution is 0.464. The Balaban J connectivity index is 1.94. The van der Waals surface area contributed by atoms with E-state index in [1.54, 1.807) is 0 Å². The van der Waals surface area contributed by atoms with Crippen molar-refractivity contribution in [3.8, 4) is 11.1 Å². The van der Waals surface area contributed by atoms with Crippen molar-refractivity contribution in [1.82, 2.24) is 5.32 Å². The van der Waals surface area contributed by atoms with Gasteiger partial charge in [-0.05, 0) is 35.4 Å². The minimum absolute atomic E-state index is 0.660. The molecule has 0 spiro atoms. The molecule has 0 fully saturated rings. The summed E-state index contributed by atoms with van der Waals surface area (Å²) in [7, 11) is 0. The lowest BCUT2D eigenvalue weighted by Crippen LogP contribution is -2.27. The minimum atomic E-state index is 0.660. The monoisotopic (exact) mass is 273 g/mol. The van der Waals surface area contributed by atoms with Crippen molar-refractivity contribution in [2.75, 3.05) is 0 Å². The molecular weight excluding hydrogens is 250 g/mol. The number of thiophene rings is 1. The first-order chi connectivity index (χ1) is 9.33. The van der Waals surface area contributed by atoms with E-state index in [1.807, 2.05) is 11.3 Å². The third-order valence-corrected chi connectivity index (χ3v) is 4.39. The second-order valence-corrected chi connectivity index (χ2v) is 5.94. The topological polar surface area (TPSA) is 12.0 Å². The molecule has 0 saturated heterocycles. The van der Waals surface area contributed by atoms with Gasteiger partial charge in [0.15, 0.2) is 0 Å². The molecule has 0 bridgehead atoms. The van der Waals surface area contributed by atoms with E-state index in [9.17, 15) is 0 Å². The molecule has 2 rings (SSSR count). The summed E-state index contributed by atoms with van der Waals surface area (Å²) in [5.41, 5.74) is 2.65. The average molecular weight is 273 g/mol. The van der Waals surface area contributed by atoms with Crippen molar-refractivity contribution < 1.29 is 0 Å². The Morgan fingerprint density at radius 2 is 1.89 bits per heavy atom. The number of benzene rings is 1. The molecule has 1 nitrogen and oxygen atoms in total. The van der Waals surface area contributed by atoms with Crippen molar-refractivity contribution in [2.45, 2.75) is 45.7 Å². The first-order valence-electron chi connectivity index (χ1n) is 7.19. The Morgan fingerprint density at radius 1 is 1.11 bits per heavy atom. The molecule has 2 heteroatoms. The number of hydrogen-bond acceptors (Lipinski definition) is 2. The maximum atomic E-state index is 3.66. The Kier molecular flexibility index (Phi) is 5.62. The molecule has 102 valence electrons. The highest BCUT2D eigenvalue weighted by atomic mass is 32.1. The minimum Gasteiger partial charge on any atom is -0.309 e. The maximum absolute atomic E-state index is 3.66. The highest BCUT2D eigenvalue weighted by Crippen LogP contribution is 2.25. The molecule has 1 aromatic heterocycles. The second-order valence-electron chi connectivity index (χ2n) is 4.94. The Morgan fingerprint density at radius 3 is 2.58 bits per heavy atom. The zero-order valence-electron chi connectivity index (χ0n) is 11.9. The smallest absolute Gasteiger partial charge is 0.0302 e. The lowest BCUT2D eigenvalue weighted by atomic mass is 10.1. The number of nitrogens with one attached hydrogen (secondary N) is 1. The van der Waals surface area contributed by atoms with Crippen LogP contribution in [0.25, 0.3) is 11.1 Å². The largest absolute Gasteiger partial charge is 0.309 e. The van der Waals surface area contributed by atoms with Crippen molar-refractivity contribution in [3.63, 3.8) is 0 Å². The summed E-state index contributed by atoms with van der Waals surface area (Å²) in [5.74, 6) is 0. The van der Waals surface area contributed by atoms with Gasteiger partial charge in [-0.15, -0.1) is 11.3 Å². The average Bonchev–Trinajstić information content (AvgIpc) is 2.93. The standard InChI is InChI=1S/C17H23NS/c1-3-8-16(4-2)18-12-17-11-15(13-19-17)14-9-6-5-7-10-14/h5-7,9-11,13,16,18H,3-4,8,12H2,1-2H3. The van der Waals surface area contributed by atoms with Gasteiger partial charge >= 0.3 is 0 Å². The van der Waals surface area contributed by atoms with Crippen LogP contribution in [0.1, 0.15) is 38.0 Å². The molecule has 1 heterocycles. The van der Waals surface area contributed by atoms with E-state index in [-0.39, 0.29) is 0 Å². The zero-order chi connectivity index (χ0) is 13.5. The fourth-order valence-electron chi connectivity index (χ4n) is 2.30. The second kappa shape index (κ2) is 7.46. The van der Waals surface area contributed by atoms with Crippen LogP contribution >= 0.6 is 11.3 Å². The van der Waals surface area contributed by atoms with Gasteiger partial charge in [-0.2, -0.15) is 0 Å². The molecule has 0 aliphatic heterocycles. The highest BCUT2D eigenvalue weighted by molar-refractivity contribution is 7.10. The third kappa shape index (κ3) is 4.19. The van der Waals surface area contributed by atoms with Crippen LogP contribution in [0.2, 0.25) is 0 Å². The molecular formula is C17H23NS. The van der Waals surface area contributed by atoms with Crippen LogP contribution in [0.3, 0.4) is 0 Å². The van der Waals surface area contributed by atoms with Gasteiger partial charge in [0.2, 0.25) is 0 Å². The van der Waals surface area contributed by atoms with E-state index >= 15 is 0 Å². The molecule has 1 unspecified atom stereocenters. The van der Waals surface area contributed by atoms with Crippen molar-refractivity contribution in [2.24, 2.45) is 0 Å². The molecule has 19 heavy (non-hydrogen) atoms. The van der Waals surface area contributed by atoms with Crippen molar-refractivity contribution in [3.05, 3.63) is 46.7 Å². The normalized spacial score (nSPS) is 12.5. The molecule has 2 aromatic rings. The van der Waals surface area contributed by atoms with Crippen LogP contribution in [0.15, 0.2) is 41.8 Å². The summed E-state index contributed by atoms with van der Waals surface area (Å²) >= 11 is 1.85. The van der Waals surface area contributed by atoms with E-state index < -0.39 is 0 Å². The number of rotatable bonds is 7. The summed E-state index contributed by atoms with van der Waals surface area (Å²) in [6.45, 7) is 5.51. The molecule has 1 aromatic carbocycles. The van der Waals surface area contributed by atoms with Crippen LogP contribution in [-0.2, 0) is 6.54 Å². The fourth-order valence-corrected chi connectivity index (χ4v) is 3.14. The molecule has 0 aliphatic carbocycles. The van der Waals surface area contributed by atoms with E-state index in [0.29, 0.717) is 6.04 Å². The van der Waals surface area contributed by atoms with Crippen molar-refractivity contribution >= 4 is 11.3 Å². The van der Waals surface area contributed by atoms with E-state index in [2.05, 4.69) is 60.9 Å². The van der Waals surface area contributed by atoms with E-state index in [1.165, 1.54) is 35.3 Å². The predicted molar refractivity (Wildman–Crippen MR) is 85.6 cm³/mol. The van der Waals surface area contributed by atoms with Gasteiger partial charge in [0.05, 0.1) is 0 Å². The third-order valence-electron chi connectivity index (χ3n) is 3.46. The van der Waals surface area contributed by atoms with Gasteiger partial charge in [-0.1, -0.05) is 50.6 Å². The number of hydrogen-bond donors (Lipinski definition) is 1. The Labute approximate surface area is 120 Å². The summed E-state index contributed by atoms with van der Waals surface area (Å²) in [6.07, 6.45) is 3.74. The van der Waals surface area contributed by atoms with Crippen LogP contribution < -0.4 is 5.32 Å². The molecule has 0 radical (unpaired) electrons. The summed E-state index contributed by atoms with van der Waals surface area (Å²) in [5, 5.41) is 5.92. The summed E-state index contributed by atoms with van der Waals surface area (Å²) in [6, 6.07) is 13.6. The van der Waals surface area contributed by atoms with Gasteiger partial charge in [-0.25, -0.2) is 0 Å². The fraction of sp³-hybridized carbons (Fsp3) is 0.412. The molecule has 0 aliphatic rings. The lowest BCUT2D eigenvalue weighted by Gasteiger charge is -2.14. The maximum Gasteiger partial charge on any atom is 0.0302 e. The summed E-state index contributed by atoms with van der Waals surface area (Å²) in [4.78, 5) is 1.42. The SMILES string of the molecule is CCCC(CC)NCc1cc(-c2ccccc2)cs1. The van der Waals surface area contributed by atoms with Gasteiger partial charge < -0.3 is 5.32 Å². The first kappa shape index (κ1) is 14.3. The van der Waals surface area contributed by atoms with Crippen molar-refractivity contribution in [1.29, 1.82) is 0 Å². The molecule has 1 N–H and O–H groups in total. The quantitative estimate of drug-likeness (QED) is 0.741. The predicted octanol–water partition coefficient (Wildman–Crippen LogP) is 5.08. The van der Waals surface area contributed by atoms with Crippen LogP contribution in [0.4, 0.5) is 0 Å². The molecule has 0 amide bonds.